The molecule has 4 heteroatoms. The maximum atomic E-state index is 12.5. The Hall–Kier alpha value is -0.870. The minimum atomic E-state index is 0.272. The van der Waals surface area contributed by atoms with Crippen LogP contribution in [0, 0.1) is 11.3 Å². The van der Waals surface area contributed by atoms with Crippen molar-refractivity contribution in [2.24, 2.45) is 11.3 Å². The van der Waals surface area contributed by atoms with Gasteiger partial charge in [0.15, 0.2) is 0 Å². The predicted molar refractivity (Wildman–Crippen MR) is 88.1 cm³/mol. The van der Waals surface area contributed by atoms with E-state index in [9.17, 15) is 4.79 Å². The van der Waals surface area contributed by atoms with Gasteiger partial charge in [-0.3, -0.25) is 4.79 Å². The number of hydrogen-bond donors (Lipinski definition) is 0. The number of ether oxygens (including phenoxy) is 2. The summed E-state index contributed by atoms with van der Waals surface area (Å²) < 4.78 is 11.8. The maximum absolute atomic E-state index is 12.5. The lowest BCUT2D eigenvalue weighted by Gasteiger charge is -2.38. The average Bonchev–Trinajstić information content (AvgIpc) is 3.08. The van der Waals surface area contributed by atoms with Crippen LogP contribution in [0.4, 0.5) is 0 Å². The van der Waals surface area contributed by atoms with Crippen LogP contribution in [0.3, 0.4) is 0 Å². The first-order valence-electron chi connectivity index (χ1n) is 9.42. The standard InChI is InChI=1S/C19H29NO3/c21-18(16-3-1-2-4-16)20-9-7-19(8-10-20)11-17(23-14-19)13-22-12-15-5-6-15/h3,15,17H,1-2,4-14H2/t17-/m1/s1. The SMILES string of the molecule is O=C(C1=CCCC1)N1CCC2(CC1)CO[C@@H](COCC1CC1)C2. The van der Waals surface area contributed by atoms with E-state index in [1.54, 1.807) is 0 Å². The Morgan fingerprint density at radius 2 is 2.13 bits per heavy atom. The summed E-state index contributed by atoms with van der Waals surface area (Å²) in [6, 6.07) is 0. The van der Waals surface area contributed by atoms with Gasteiger partial charge in [-0.2, -0.15) is 0 Å². The molecule has 2 aliphatic carbocycles. The van der Waals surface area contributed by atoms with E-state index in [0.29, 0.717) is 11.3 Å². The second kappa shape index (κ2) is 6.56. The van der Waals surface area contributed by atoms with Crippen molar-refractivity contribution in [2.45, 2.75) is 57.5 Å². The van der Waals surface area contributed by atoms with E-state index in [1.807, 2.05) is 0 Å². The number of allylic oxidation sites excluding steroid dienone is 1. The Bertz CT molecular complexity index is 475. The Balaban J connectivity index is 1.23. The van der Waals surface area contributed by atoms with E-state index in [2.05, 4.69) is 11.0 Å². The van der Waals surface area contributed by atoms with Crippen LogP contribution in [-0.2, 0) is 14.3 Å². The Morgan fingerprint density at radius 1 is 1.30 bits per heavy atom. The lowest BCUT2D eigenvalue weighted by molar-refractivity contribution is -0.129. The molecule has 2 saturated heterocycles. The molecule has 0 aromatic heterocycles. The number of likely N-dealkylation sites (tertiary alicyclic amines) is 1. The normalized spacial score (nSPS) is 30.0. The molecule has 1 spiro atoms. The molecular weight excluding hydrogens is 290 g/mol. The fraction of sp³-hybridized carbons (Fsp3) is 0.842. The maximum Gasteiger partial charge on any atom is 0.249 e. The third-order valence-electron chi connectivity index (χ3n) is 6.07. The van der Waals surface area contributed by atoms with Crippen LogP contribution in [0.1, 0.15) is 51.4 Å². The van der Waals surface area contributed by atoms with Crippen molar-refractivity contribution >= 4 is 5.91 Å². The summed E-state index contributed by atoms with van der Waals surface area (Å²) in [5.74, 6) is 1.12. The molecule has 128 valence electrons. The van der Waals surface area contributed by atoms with Crippen LogP contribution in [0.5, 0.6) is 0 Å². The Morgan fingerprint density at radius 3 is 2.83 bits per heavy atom. The zero-order valence-electron chi connectivity index (χ0n) is 14.1. The zero-order chi connectivity index (χ0) is 15.7. The van der Waals surface area contributed by atoms with E-state index in [-0.39, 0.29) is 6.10 Å². The summed E-state index contributed by atoms with van der Waals surface area (Å²) in [7, 11) is 0. The average molecular weight is 319 g/mol. The van der Waals surface area contributed by atoms with E-state index in [4.69, 9.17) is 9.47 Å². The van der Waals surface area contributed by atoms with Gasteiger partial charge in [0.05, 0.1) is 19.3 Å². The summed E-state index contributed by atoms with van der Waals surface area (Å²) in [6.45, 7) is 4.33. The second-order valence-corrected chi connectivity index (χ2v) is 8.03. The van der Waals surface area contributed by atoms with Crippen molar-refractivity contribution in [3.8, 4) is 0 Å². The highest BCUT2D eigenvalue weighted by Gasteiger charge is 2.43. The third-order valence-corrected chi connectivity index (χ3v) is 6.07. The van der Waals surface area contributed by atoms with Crippen LogP contribution in [0.2, 0.25) is 0 Å². The number of carbonyl (C=O) groups excluding carboxylic acids is 1. The number of piperidine rings is 1. The third kappa shape index (κ3) is 3.63. The molecule has 1 amide bonds. The molecule has 0 N–H and O–H groups in total. The van der Waals surface area contributed by atoms with Crippen molar-refractivity contribution in [1.82, 2.24) is 4.90 Å². The number of carbonyl (C=O) groups is 1. The van der Waals surface area contributed by atoms with Crippen molar-refractivity contribution in [3.05, 3.63) is 11.6 Å². The molecule has 0 aromatic carbocycles. The second-order valence-electron chi connectivity index (χ2n) is 8.03. The van der Waals surface area contributed by atoms with Gasteiger partial charge < -0.3 is 14.4 Å². The first-order chi connectivity index (χ1) is 11.2. The molecule has 2 aliphatic heterocycles. The molecule has 3 fully saturated rings. The van der Waals surface area contributed by atoms with Gasteiger partial charge in [-0.25, -0.2) is 0 Å². The lowest BCUT2D eigenvalue weighted by Crippen LogP contribution is -2.44. The molecule has 0 bridgehead atoms. The van der Waals surface area contributed by atoms with Crippen LogP contribution in [0.25, 0.3) is 0 Å². The first kappa shape index (κ1) is 15.6. The molecule has 4 aliphatic rings. The monoisotopic (exact) mass is 319 g/mol. The van der Waals surface area contributed by atoms with E-state index >= 15 is 0 Å². The highest BCUT2D eigenvalue weighted by molar-refractivity contribution is 5.93. The Kier molecular flexibility index (Phi) is 4.46. The fourth-order valence-corrected chi connectivity index (χ4v) is 4.25. The molecule has 1 saturated carbocycles. The molecule has 4 rings (SSSR count). The number of nitrogens with zero attached hydrogens (tertiary/aromatic N) is 1. The van der Waals surface area contributed by atoms with Gasteiger partial charge >= 0.3 is 0 Å². The van der Waals surface area contributed by atoms with Crippen molar-refractivity contribution in [2.75, 3.05) is 32.9 Å². The minimum absolute atomic E-state index is 0.272. The molecule has 1 atom stereocenters. The van der Waals surface area contributed by atoms with Crippen LogP contribution >= 0.6 is 0 Å². The molecule has 0 radical (unpaired) electrons. The number of rotatable bonds is 5. The van der Waals surface area contributed by atoms with Crippen molar-refractivity contribution < 1.29 is 14.3 Å². The van der Waals surface area contributed by atoms with Gasteiger partial charge in [0.25, 0.3) is 0 Å². The summed E-state index contributed by atoms with van der Waals surface area (Å²) in [4.78, 5) is 14.6. The fourth-order valence-electron chi connectivity index (χ4n) is 4.25. The first-order valence-corrected chi connectivity index (χ1v) is 9.42. The smallest absolute Gasteiger partial charge is 0.249 e. The van der Waals surface area contributed by atoms with Crippen LogP contribution < -0.4 is 0 Å². The molecule has 0 aromatic rings. The summed E-state index contributed by atoms with van der Waals surface area (Å²) in [5.41, 5.74) is 1.35. The topological polar surface area (TPSA) is 38.8 Å². The quantitative estimate of drug-likeness (QED) is 0.782. The van der Waals surface area contributed by atoms with E-state index in [0.717, 1.165) is 82.9 Å². The van der Waals surface area contributed by atoms with E-state index < -0.39 is 0 Å². The summed E-state index contributed by atoms with van der Waals surface area (Å²) in [5, 5.41) is 0. The molecule has 23 heavy (non-hydrogen) atoms. The zero-order valence-corrected chi connectivity index (χ0v) is 14.1. The number of amides is 1. The largest absolute Gasteiger partial charge is 0.378 e. The summed E-state index contributed by atoms with van der Waals surface area (Å²) in [6.07, 6.45) is 11.6. The van der Waals surface area contributed by atoms with Gasteiger partial charge in [0.2, 0.25) is 5.91 Å². The van der Waals surface area contributed by atoms with Crippen molar-refractivity contribution in [3.63, 3.8) is 0 Å². The molecule has 0 unspecified atom stereocenters. The van der Waals surface area contributed by atoms with E-state index in [1.165, 1.54) is 12.8 Å². The van der Waals surface area contributed by atoms with Gasteiger partial charge in [0, 0.05) is 25.3 Å². The highest BCUT2D eigenvalue weighted by atomic mass is 16.5. The molecule has 2 heterocycles. The molecule has 4 nitrogen and oxygen atoms in total. The van der Waals surface area contributed by atoms with Gasteiger partial charge in [0.1, 0.15) is 0 Å². The van der Waals surface area contributed by atoms with Crippen LogP contribution in [0.15, 0.2) is 11.6 Å². The van der Waals surface area contributed by atoms with Gasteiger partial charge in [-0.1, -0.05) is 6.08 Å². The van der Waals surface area contributed by atoms with Gasteiger partial charge in [-0.05, 0) is 62.7 Å². The predicted octanol–water partition coefficient (Wildman–Crippen LogP) is 2.92. The summed E-state index contributed by atoms with van der Waals surface area (Å²) >= 11 is 0. The minimum Gasteiger partial charge on any atom is -0.378 e. The molecular formula is C19H29NO3. The van der Waals surface area contributed by atoms with Crippen molar-refractivity contribution in [1.29, 1.82) is 0 Å². The number of hydrogen-bond acceptors (Lipinski definition) is 3. The highest BCUT2D eigenvalue weighted by Crippen LogP contribution is 2.42. The Labute approximate surface area is 139 Å². The van der Waals surface area contributed by atoms with Gasteiger partial charge in [-0.15, -0.1) is 0 Å². The van der Waals surface area contributed by atoms with Crippen LogP contribution in [-0.4, -0.2) is 49.8 Å². The lowest BCUT2D eigenvalue weighted by atomic mass is 9.76.